The predicted octanol–water partition coefficient (Wildman–Crippen LogP) is 6.45. The number of hydrogen-bond acceptors (Lipinski definition) is 7. The van der Waals surface area contributed by atoms with E-state index in [-0.39, 0.29) is 31.3 Å². The van der Waals surface area contributed by atoms with Crippen molar-refractivity contribution in [2.45, 2.75) is 88.4 Å². The summed E-state index contributed by atoms with van der Waals surface area (Å²) in [5, 5.41) is 5.21. The number of aromatic nitrogens is 6. The van der Waals surface area contributed by atoms with Crippen LogP contribution in [0.3, 0.4) is 0 Å². The largest absolute Gasteiger partial charge is 0.444 e. The molecule has 5 fully saturated rings. The molecule has 5 heterocycles. The van der Waals surface area contributed by atoms with Crippen molar-refractivity contribution in [2.24, 2.45) is 5.41 Å². The maximum absolute atomic E-state index is 13.8. The minimum atomic E-state index is -4.20. The maximum atomic E-state index is 13.8. The molecule has 2 atom stereocenters. The molecule has 4 aromatic rings. The van der Waals surface area contributed by atoms with Crippen molar-refractivity contribution in [1.29, 1.82) is 0 Å². The highest BCUT2D eigenvalue weighted by atomic mass is 19.4. The summed E-state index contributed by atoms with van der Waals surface area (Å²) >= 11 is 0. The number of rotatable bonds is 5. The number of hydrogen-bond donors (Lipinski definition) is 0. The van der Waals surface area contributed by atoms with Gasteiger partial charge in [-0.05, 0) is 64.9 Å². The molecule has 1 saturated heterocycles. The zero-order chi connectivity index (χ0) is 27.4. The number of pyridine rings is 1. The quantitative estimate of drug-likeness (QED) is 0.282. The number of nitrogens with zero attached hydrogens (tertiary/aromatic N) is 6. The Morgan fingerprint density at radius 1 is 1.02 bits per heavy atom. The molecule has 4 aliphatic carbocycles. The number of halogens is 3. The Morgan fingerprint density at radius 3 is 2.52 bits per heavy atom. The molecule has 0 spiro atoms. The van der Waals surface area contributed by atoms with Crippen LogP contribution in [0.15, 0.2) is 29.1 Å². The van der Waals surface area contributed by atoms with E-state index in [4.69, 9.17) is 24.1 Å². The van der Waals surface area contributed by atoms with Crippen LogP contribution in [-0.4, -0.2) is 42.5 Å². The molecule has 9 rings (SSSR count). The van der Waals surface area contributed by atoms with Gasteiger partial charge in [-0.3, -0.25) is 4.68 Å². The lowest BCUT2D eigenvalue weighted by Gasteiger charge is -2.70. The van der Waals surface area contributed by atoms with Crippen LogP contribution in [0, 0.1) is 19.3 Å². The van der Waals surface area contributed by atoms with Crippen molar-refractivity contribution < 1.29 is 22.3 Å². The van der Waals surface area contributed by atoms with Crippen molar-refractivity contribution in [3.05, 3.63) is 53.2 Å². The van der Waals surface area contributed by atoms with Gasteiger partial charge in [0, 0.05) is 35.1 Å². The van der Waals surface area contributed by atoms with Crippen LogP contribution < -0.4 is 0 Å². The van der Waals surface area contributed by atoms with Crippen LogP contribution in [-0.2, 0) is 10.2 Å². The van der Waals surface area contributed by atoms with E-state index in [0.717, 1.165) is 30.5 Å². The molecule has 0 radical (unpaired) electrons. The van der Waals surface area contributed by atoms with E-state index in [0.29, 0.717) is 58.8 Å². The fraction of sp³-hybridized carbons (Fsp3) is 0.552. The summed E-state index contributed by atoms with van der Waals surface area (Å²) in [6, 6.07) is 2.40. The molecule has 4 aromatic heterocycles. The normalized spacial score (nSPS) is 29.8. The van der Waals surface area contributed by atoms with Gasteiger partial charge in [-0.2, -0.15) is 18.3 Å². The van der Waals surface area contributed by atoms with Crippen LogP contribution in [0.4, 0.5) is 13.2 Å². The molecular weight excluding hydrogens is 521 g/mol. The summed E-state index contributed by atoms with van der Waals surface area (Å²) in [6.45, 7) is 4.27. The van der Waals surface area contributed by atoms with E-state index >= 15 is 0 Å². The van der Waals surface area contributed by atoms with Gasteiger partial charge in [0.1, 0.15) is 12.1 Å². The van der Waals surface area contributed by atoms with E-state index in [1.807, 2.05) is 30.8 Å². The van der Waals surface area contributed by atoms with Crippen LogP contribution in [0.2, 0.25) is 0 Å². The average Bonchev–Trinajstić information content (AvgIpc) is 3.43. The SMILES string of the molecule is Cc1coc(-c2cc3c(C45CC(C(F)(F)F)(C4)C5)nc(C4CCOC(c5cnn(C6CC6)c5)C4)nc3nc2C)n1. The van der Waals surface area contributed by atoms with Gasteiger partial charge in [0.2, 0.25) is 5.89 Å². The highest BCUT2D eigenvalue weighted by molar-refractivity contribution is 5.84. The first-order valence-electron chi connectivity index (χ1n) is 14.0. The second-order valence-electron chi connectivity index (χ2n) is 12.4. The van der Waals surface area contributed by atoms with E-state index < -0.39 is 17.0 Å². The highest BCUT2D eigenvalue weighted by Gasteiger charge is 2.79. The predicted molar refractivity (Wildman–Crippen MR) is 137 cm³/mol. The average molecular weight is 551 g/mol. The Kier molecular flexibility index (Phi) is 4.96. The summed E-state index contributed by atoms with van der Waals surface area (Å²) in [5.41, 5.74) is 2.19. The number of aryl methyl sites for hydroxylation is 2. The van der Waals surface area contributed by atoms with Crippen LogP contribution in [0.1, 0.15) is 91.5 Å². The molecule has 1 aliphatic heterocycles. The van der Waals surface area contributed by atoms with Crippen LogP contribution in [0.5, 0.6) is 0 Å². The molecule has 0 aromatic carbocycles. The Hall–Kier alpha value is -3.34. The van der Waals surface area contributed by atoms with Gasteiger partial charge in [-0.1, -0.05) is 0 Å². The summed E-state index contributed by atoms with van der Waals surface area (Å²) in [6.07, 6.45) is 5.14. The third-order valence-corrected chi connectivity index (χ3v) is 9.44. The first-order chi connectivity index (χ1) is 19.1. The lowest BCUT2D eigenvalue weighted by molar-refractivity contribution is -0.337. The first kappa shape index (κ1) is 24.5. The number of fused-ring (bicyclic) bond motifs is 1. The lowest BCUT2D eigenvalue weighted by atomic mass is 9.33. The van der Waals surface area contributed by atoms with Gasteiger partial charge >= 0.3 is 6.18 Å². The lowest BCUT2D eigenvalue weighted by Crippen LogP contribution is -2.70. The smallest absolute Gasteiger partial charge is 0.394 e. The summed E-state index contributed by atoms with van der Waals surface area (Å²) < 4.78 is 55.2. The van der Waals surface area contributed by atoms with Gasteiger partial charge in [-0.25, -0.2) is 19.9 Å². The standard InChI is InChI=1S/C29H29F3N6O2/c1-15-11-40-26(34-15)20-8-21-23(27-12-28(13-27,14-27)29(30,31)32)36-24(37-25(21)35-16(20)2)17-5-6-39-22(7-17)18-9-33-38(10-18)19-3-4-19/h8-11,17,19,22H,3-7,12-14H2,1-2H3. The second kappa shape index (κ2) is 8.11. The summed E-state index contributed by atoms with van der Waals surface area (Å²) in [5.74, 6) is 1.08. The molecule has 2 unspecified atom stereocenters. The monoisotopic (exact) mass is 550 g/mol. The fourth-order valence-corrected chi connectivity index (χ4v) is 7.10. The van der Waals surface area contributed by atoms with Crippen molar-refractivity contribution in [1.82, 2.24) is 29.7 Å². The highest BCUT2D eigenvalue weighted by Crippen LogP contribution is 2.78. The Labute approximate surface area is 228 Å². The van der Waals surface area contributed by atoms with Crippen molar-refractivity contribution in [2.75, 3.05) is 6.61 Å². The molecule has 0 amide bonds. The Bertz CT molecular complexity index is 1640. The van der Waals surface area contributed by atoms with E-state index in [9.17, 15) is 13.2 Å². The fourth-order valence-electron chi connectivity index (χ4n) is 7.10. The number of ether oxygens (including phenoxy) is 1. The summed E-state index contributed by atoms with van der Waals surface area (Å²) in [4.78, 5) is 19.3. The first-order valence-corrected chi connectivity index (χ1v) is 14.0. The van der Waals surface area contributed by atoms with Gasteiger partial charge in [0.05, 0.1) is 46.4 Å². The molecule has 0 N–H and O–H groups in total. The van der Waals surface area contributed by atoms with Crippen molar-refractivity contribution in [3.63, 3.8) is 0 Å². The topological polar surface area (TPSA) is 91.8 Å². The van der Waals surface area contributed by atoms with Gasteiger partial charge < -0.3 is 9.15 Å². The zero-order valence-corrected chi connectivity index (χ0v) is 22.3. The molecule has 5 aliphatic rings. The van der Waals surface area contributed by atoms with Crippen LogP contribution in [0.25, 0.3) is 22.5 Å². The van der Waals surface area contributed by atoms with E-state index in [1.54, 1.807) is 6.26 Å². The molecule has 4 saturated carbocycles. The minimum Gasteiger partial charge on any atom is -0.444 e. The van der Waals surface area contributed by atoms with Gasteiger partial charge in [0.25, 0.3) is 0 Å². The second-order valence-corrected chi connectivity index (χ2v) is 12.4. The Morgan fingerprint density at radius 2 is 1.82 bits per heavy atom. The van der Waals surface area contributed by atoms with Gasteiger partial charge in [0.15, 0.2) is 5.65 Å². The number of oxazole rings is 1. The minimum absolute atomic E-state index is 0.00581. The number of alkyl halides is 3. The molecule has 11 heteroatoms. The maximum Gasteiger partial charge on any atom is 0.394 e. The third kappa shape index (κ3) is 3.59. The molecule has 2 bridgehead atoms. The van der Waals surface area contributed by atoms with E-state index in [2.05, 4.69) is 16.3 Å². The summed E-state index contributed by atoms with van der Waals surface area (Å²) in [7, 11) is 0. The molecular formula is C29H29F3N6O2. The molecule has 208 valence electrons. The van der Waals surface area contributed by atoms with E-state index in [1.165, 1.54) is 0 Å². The van der Waals surface area contributed by atoms with Gasteiger partial charge in [-0.15, -0.1) is 0 Å². The van der Waals surface area contributed by atoms with Crippen molar-refractivity contribution in [3.8, 4) is 11.5 Å². The molecule has 40 heavy (non-hydrogen) atoms. The zero-order valence-electron chi connectivity index (χ0n) is 22.3. The van der Waals surface area contributed by atoms with Crippen LogP contribution >= 0.6 is 0 Å². The third-order valence-electron chi connectivity index (χ3n) is 9.44. The Balaban J connectivity index is 1.19. The molecule has 8 nitrogen and oxygen atoms in total. The van der Waals surface area contributed by atoms with Crippen molar-refractivity contribution >= 4 is 11.0 Å².